The first-order valence-corrected chi connectivity index (χ1v) is 6.51. The molecule has 0 atom stereocenters. The average molecular weight is 262 g/mol. The highest BCUT2D eigenvalue weighted by atomic mass is 32.1. The lowest BCUT2D eigenvalue weighted by molar-refractivity contribution is -0.140. The zero-order valence-electron chi connectivity index (χ0n) is 10.3. The zero-order chi connectivity index (χ0) is 13.0. The van der Waals surface area contributed by atoms with Gasteiger partial charge >= 0.3 is 5.97 Å². The molecule has 18 heavy (non-hydrogen) atoms. The van der Waals surface area contributed by atoms with E-state index in [1.54, 1.807) is 17.5 Å². The minimum absolute atomic E-state index is 0.206. The van der Waals surface area contributed by atoms with Gasteiger partial charge in [0, 0.05) is 29.8 Å². The van der Waals surface area contributed by atoms with Crippen LogP contribution < -0.4 is 0 Å². The fraction of sp³-hybridized carbons (Fsp3) is 0.308. The maximum atomic E-state index is 11.1. The molecule has 0 radical (unpaired) electrons. The molecule has 0 spiro atoms. The summed E-state index contributed by atoms with van der Waals surface area (Å²) in [6, 6.07) is 1.96. The van der Waals surface area contributed by atoms with E-state index >= 15 is 0 Å². The topological polar surface area (TPSA) is 52.1 Å². The van der Waals surface area contributed by atoms with E-state index in [0.29, 0.717) is 12.8 Å². The Hall–Kier alpha value is -1.75. The Balaban J connectivity index is 2.11. The number of ether oxygens (including phenoxy) is 1. The van der Waals surface area contributed by atoms with E-state index in [9.17, 15) is 4.79 Å². The minimum atomic E-state index is -0.206. The first-order valence-electron chi connectivity index (χ1n) is 5.63. The number of pyridine rings is 1. The molecule has 2 heterocycles. The van der Waals surface area contributed by atoms with Crippen LogP contribution in [0.1, 0.15) is 17.7 Å². The summed E-state index contributed by atoms with van der Waals surface area (Å²) < 4.78 is 4.61. The van der Waals surface area contributed by atoms with Crippen molar-refractivity contribution >= 4 is 17.3 Å². The van der Waals surface area contributed by atoms with Crippen molar-refractivity contribution in [2.75, 3.05) is 7.11 Å². The molecule has 5 heteroatoms. The summed E-state index contributed by atoms with van der Waals surface area (Å²) in [6.07, 6.45) is 4.57. The van der Waals surface area contributed by atoms with Gasteiger partial charge in [0.15, 0.2) is 0 Å². The molecule has 4 nitrogen and oxygen atoms in total. The number of carbonyl (C=O) groups excluding carboxylic acids is 1. The smallest absolute Gasteiger partial charge is 0.305 e. The van der Waals surface area contributed by atoms with Crippen molar-refractivity contribution in [1.82, 2.24) is 9.97 Å². The molecule has 0 aliphatic heterocycles. The van der Waals surface area contributed by atoms with Crippen molar-refractivity contribution in [3.05, 3.63) is 35.1 Å². The second kappa shape index (κ2) is 5.73. The fourth-order valence-electron chi connectivity index (χ4n) is 1.57. The predicted molar refractivity (Wildman–Crippen MR) is 70.4 cm³/mol. The van der Waals surface area contributed by atoms with Crippen molar-refractivity contribution < 1.29 is 9.53 Å². The van der Waals surface area contributed by atoms with E-state index in [-0.39, 0.29) is 5.97 Å². The molecule has 0 saturated heterocycles. The minimum Gasteiger partial charge on any atom is -0.469 e. The molecule has 2 aromatic rings. The van der Waals surface area contributed by atoms with Gasteiger partial charge in [0.05, 0.1) is 19.2 Å². The van der Waals surface area contributed by atoms with Gasteiger partial charge in [-0.3, -0.25) is 9.78 Å². The highest BCUT2D eigenvalue weighted by molar-refractivity contribution is 7.13. The lowest BCUT2D eigenvalue weighted by atomic mass is 10.2. The van der Waals surface area contributed by atoms with Crippen LogP contribution in [0.4, 0.5) is 0 Å². The van der Waals surface area contributed by atoms with Crippen LogP contribution >= 0.6 is 11.3 Å². The summed E-state index contributed by atoms with van der Waals surface area (Å²) in [5.74, 6) is -0.206. The van der Waals surface area contributed by atoms with Crippen molar-refractivity contribution in [2.24, 2.45) is 0 Å². The summed E-state index contributed by atoms with van der Waals surface area (Å²) in [6.45, 7) is 2.03. The van der Waals surface area contributed by atoms with Crippen molar-refractivity contribution in [2.45, 2.75) is 19.8 Å². The van der Waals surface area contributed by atoms with Crippen LogP contribution in [0.25, 0.3) is 10.6 Å². The molecule has 0 fully saturated rings. The molecule has 0 unspecified atom stereocenters. The third-order valence-corrected chi connectivity index (χ3v) is 3.56. The van der Waals surface area contributed by atoms with Gasteiger partial charge in [-0.25, -0.2) is 4.98 Å². The first-order chi connectivity index (χ1) is 8.70. The number of aromatic nitrogens is 2. The van der Waals surface area contributed by atoms with Gasteiger partial charge < -0.3 is 4.74 Å². The largest absolute Gasteiger partial charge is 0.469 e. The van der Waals surface area contributed by atoms with E-state index in [1.807, 2.05) is 24.6 Å². The van der Waals surface area contributed by atoms with E-state index < -0.39 is 0 Å². The highest BCUT2D eigenvalue weighted by Gasteiger charge is 2.09. The third kappa shape index (κ3) is 2.92. The molecule has 94 valence electrons. The second-order valence-corrected chi connectivity index (χ2v) is 4.77. The molecule has 0 saturated carbocycles. The van der Waals surface area contributed by atoms with Gasteiger partial charge in [-0.05, 0) is 18.6 Å². The molecular weight excluding hydrogens is 248 g/mol. The monoisotopic (exact) mass is 262 g/mol. The van der Waals surface area contributed by atoms with Gasteiger partial charge in [0.1, 0.15) is 5.01 Å². The summed E-state index contributed by atoms with van der Waals surface area (Å²) in [5.41, 5.74) is 3.12. The van der Waals surface area contributed by atoms with Gasteiger partial charge in [-0.1, -0.05) is 0 Å². The quantitative estimate of drug-likeness (QED) is 0.795. The van der Waals surface area contributed by atoms with Crippen LogP contribution in [-0.4, -0.2) is 23.0 Å². The number of thiazole rings is 1. The Bertz CT molecular complexity index is 551. The molecule has 0 bridgehead atoms. The number of methoxy groups -OCH3 is 1. The molecular formula is C13H14N2O2S. The Morgan fingerprint density at radius 1 is 1.50 bits per heavy atom. The van der Waals surface area contributed by atoms with Crippen LogP contribution in [0.2, 0.25) is 0 Å². The van der Waals surface area contributed by atoms with Crippen LogP contribution in [0.5, 0.6) is 0 Å². The predicted octanol–water partition coefficient (Wildman–Crippen LogP) is 2.62. The highest BCUT2D eigenvalue weighted by Crippen LogP contribution is 2.26. The number of aryl methyl sites for hydroxylation is 2. The second-order valence-electron chi connectivity index (χ2n) is 3.91. The first kappa shape index (κ1) is 12.7. The number of carbonyl (C=O) groups is 1. The lowest BCUT2D eigenvalue weighted by Crippen LogP contribution is -2.01. The van der Waals surface area contributed by atoms with E-state index in [0.717, 1.165) is 21.8 Å². The van der Waals surface area contributed by atoms with Crippen LogP contribution in [-0.2, 0) is 16.0 Å². The fourth-order valence-corrected chi connectivity index (χ4v) is 2.49. The molecule has 0 amide bonds. The van der Waals surface area contributed by atoms with Crippen molar-refractivity contribution in [3.8, 4) is 10.6 Å². The molecule has 0 aromatic carbocycles. The van der Waals surface area contributed by atoms with Crippen LogP contribution in [0.3, 0.4) is 0 Å². The molecule has 0 aliphatic carbocycles. The van der Waals surface area contributed by atoms with Gasteiger partial charge in [0.2, 0.25) is 0 Å². The number of nitrogens with zero attached hydrogens (tertiary/aromatic N) is 2. The number of rotatable bonds is 4. The van der Waals surface area contributed by atoms with Crippen molar-refractivity contribution in [3.63, 3.8) is 0 Å². The molecule has 2 rings (SSSR count). The molecule has 0 N–H and O–H groups in total. The Morgan fingerprint density at radius 3 is 3.06 bits per heavy atom. The SMILES string of the molecule is COC(=O)CCc1csc(-c2cnccc2C)n1. The lowest BCUT2D eigenvalue weighted by Gasteiger charge is -1.99. The number of hydrogen-bond acceptors (Lipinski definition) is 5. The van der Waals surface area contributed by atoms with E-state index in [1.165, 1.54) is 7.11 Å². The van der Waals surface area contributed by atoms with E-state index in [4.69, 9.17) is 0 Å². The average Bonchev–Trinajstić information content (AvgIpc) is 2.85. The standard InChI is InChI=1S/C13H14N2O2S/c1-9-5-6-14-7-11(9)13-15-10(8-18-13)3-4-12(16)17-2/h5-8H,3-4H2,1-2H3. The Labute approximate surface area is 110 Å². The maximum Gasteiger partial charge on any atom is 0.305 e. The Kier molecular flexibility index (Phi) is 4.04. The zero-order valence-corrected chi connectivity index (χ0v) is 11.2. The summed E-state index contributed by atoms with van der Waals surface area (Å²) in [7, 11) is 1.40. The van der Waals surface area contributed by atoms with Crippen molar-refractivity contribution in [1.29, 1.82) is 0 Å². The molecule has 0 aliphatic rings. The molecule has 2 aromatic heterocycles. The van der Waals surface area contributed by atoms with Crippen LogP contribution in [0.15, 0.2) is 23.8 Å². The normalized spacial score (nSPS) is 10.3. The number of hydrogen-bond donors (Lipinski definition) is 0. The Morgan fingerprint density at radius 2 is 2.33 bits per heavy atom. The summed E-state index contributed by atoms with van der Waals surface area (Å²) in [4.78, 5) is 19.7. The third-order valence-electron chi connectivity index (χ3n) is 2.63. The van der Waals surface area contributed by atoms with Gasteiger partial charge in [0.25, 0.3) is 0 Å². The number of esters is 1. The summed E-state index contributed by atoms with van der Waals surface area (Å²) in [5, 5.41) is 2.92. The van der Waals surface area contributed by atoms with Gasteiger partial charge in [-0.2, -0.15) is 0 Å². The van der Waals surface area contributed by atoms with Crippen LogP contribution in [0, 0.1) is 6.92 Å². The summed E-state index contributed by atoms with van der Waals surface area (Å²) >= 11 is 1.57. The van der Waals surface area contributed by atoms with Gasteiger partial charge in [-0.15, -0.1) is 11.3 Å². The van der Waals surface area contributed by atoms with E-state index in [2.05, 4.69) is 14.7 Å². The maximum absolute atomic E-state index is 11.1.